The van der Waals surface area contributed by atoms with Crippen molar-refractivity contribution >= 4 is 11.8 Å². The number of rotatable bonds is 5. The van der Waals surface area contributed by atoms with Crippen LogP contribution < -0.4 is 10.6 Å². The van der Waals surface area contributed by atoms with Gasteiger partial charge in [-0.3, -0.25) is 9.59 Å². The Kier molecular flexibility index (Phi) is 5.73. The van der Waals surface area contributed by atoms with Crippen LogP contribution in [0.15, 0.2) is 36.4 Å². The van der Waals surface area contributed by atoms with Gasteiger partial charge < -0.3 is 10.6 Å². The first-order valence-corrected chi connectivity index (χ1v) is 5.99. The van der Waals surface area contributed by atoms with Gasteiger partial charge in [0.05, 0.1) is 0 Å². The van der Waals surface area contributed by atoms with E-state index in [1.54, 1.807) is 38.1 Å². The van der Waals surface area contributed by atoms with E-state index in [0.717, 1.165) is 0 Å². The molecule has 0 saturated heterocycles. The van der Waals surface area contributed by atoms with Gasteiger partial charge in [0.25, 0.3) is 0 Å². The van der Waals surface area contributed by atoms with Crippen molar-refractivity contribution < 1.29 is 14.0 Å². The van der Waals surface area contributed by atoms with Crippen molar-refractivity contribution in [1.29, 1.82) is 0 Å². The second-order valence-electron chi connectivity index (χ2n) is 4.04. The molecule has 19 heavy (non-hydrogen) atoms. The van der Waals surface area contributed by atoms with Crippen LogP contribution >= 0.6 is 0 Å². The smallest absolute Gasteiger partial charge is 0.244 e. The number of amides is 2. The zero-order valence-corrected chi connectivity index (χ0v) is 10.9. The molecule has 1 aromatic carbocycles. The lowest BCUT2D eigenvalue weighted by molar-refractivity contribution is -0.126. The van der Waals surface area contributed by atoms with E-state index in [2.05, 4.69) is 10.6 Å². The Bertz CT molecular complexity index is 486. The molecule has 0 aliphatic heterocycles. The average Bonchev–Trinajstić information content (AvgIpc) is 2.37. The highest BCUT2D eigenvalue weighted by molar-refractivity contribution is 5.92. The number of hydrogen-bond acceptors (Lipinski definition) is 2. The molecule has 0 bridgehead atoms. The predicted octanol–water partition coefficient (Wildman–Crippen LogP) is 1.52. The fraction of sp³-hybridized carbons (Fsp3) is 0.286. The zero-order valence-electron chi connectivity index (χ0n) is 10.9. The largest absolute Gasteiger partial charge is 0.350 e. The molecular formula is C14H17FN2O2. The first kappa shape index (κ1) is 14.9. The van der Waals surface area contributed by atoms with Crippen molar-refractivity contribution in [3.05, 3.63) is 47.8 Å². The van der Waals surface area contributed by atoms with Crippen molar-refractivity contribution in [2.45, 2.75) is 26.4 Å². The first-order valence-electron chi connectivity index (χ1n) is 5.99. The third-order valence-electron chi connectivity index (χ3n) is 2.48. The summed E-state index contributed by atoms with van der Waals surface area (Å²) in [7, 11) is 0. The van der Waals surface area contributed by atoms with Crippen LogP contribution in [0.1, 0.15) is 19.4 Å². The lowest BCUT2D eigenvalue weighted by Crippen LogP contribution is -2.44. The minimum Gasteiger partial charge on any atom is -0.350 e. The number of carbonyl (C=O) groups is 2. The van der Waals surface area contributed by atoms with E-state index in [-0.39, 0.29) is 24.2 Å². The van der Waals surface area contributed by atoms with E-state index < -0.39 is 6.04 Å². The maximum atomic E-state index is 13.3. The summed E-state index contributed by atoms with van der Waals surface area (Å²) in [5.41, 5.74) is 0.405. The molecule has 1 unspecified atom stereocenters. The summed E-state index contributed by atoms with van der Waals surface area (Å²) in [6, 6.07) is 5.54. The number of halogens is 1. The maximum Gasteiger partial charge on any atom is 0.244 e. The molecule has 0 aromatic heterocycles. The zero-order chi connectivity index (χ0) is 14.3. The highest BCUT2D eigenvalue weighted by Gasteiger charge is 2.14. The summed E-state index contributed by atoms with van der Waals surface area (Å²) in [4.78, 5) is 22.9. The Morgan fingerprint density at radius 3 is 2.68 bits per heavy atom. The molecule has 0 fully saturated rings. The lowest BCUT2D eigenvalue weighted by Gasteiger charge is -2.13. The minimum absolute atomic E-state index is 0.0926. The highest BCUT2D eigenvalue weighted by atomic mass is 19.1. The van der Waals surface area contributed by atoms with E-state index in [4.69, 9.17) is 0 Å². The summed E-state index contributed by atoms with van der Waals surface area (Å²) in [6.07, 6.45) is 2.92. The summed E-state index contributed by atoms with van der Waals surface area (Å²) in [6.45, 7) is 3.37. The van der Waals surface area contributed by atoms with E-state index in [0.29, 0.717) is 5.56 Å². The van der Waals surface area contributed by atoms with Crippen molar-refractivity contribution in [3.8, 4) is 0 Å². The van der Waals surface area contributed by atoms with Crippen LogP contribution in [0.4, 0.5) is 4.39 Å². The first-order chi connectivity index (χ1) is 9.04. The molecule has 5 heteroatoms. The molecule has 1 atom stereocenters. The number of hydrogen-bond donors (Lipinski definition) is 2. The van der Waals surface area contributed by atoms with Gasteiger partial charge in [0.15, 0.2) is 0 Å². The molecule has 102 valence electrons. The van der Waals surface area contributed by atoms with Gasteiger partial charge >= 0.3 is 0 Å². The Labute approximate surface area is 111 Å². The normalized spacial score (nSPS) is 12.2. The summed E-state index contributed by atoms with van der Waals surface area (Å²) < 4.78 is 13.3. The molecule has 1 aromatic rings. The maximum absolute atomic E-state index is 13.3. The second-order valence-corrected chi connectivity index (χ2v) is 4.04. The van der Waals surface area contributed by atoms with Gasteiger partial charge in [-0.25, -0.2) is 4.39 Å². The molecule has 0 aliphatic rings. The van der Waals surface area contributed by atoms with Gasteiger partial charge in [-0.15, -0.1) is 0 Å². The van der Waals surface area contributed by atoms with E-state index in [9.17, 15) is 14.0 Å². The van der Waals surface area contributed by atoms with Crippen molar-refractivity contribution in [3.63, 3.8) is 0 Å². The minimum atomic E-state index is -0.671. The molecule has 2 amide bonds. The lowest BCUT2D eigenvalue weighted by atomic mass is 10.2. The fourth-order valence-corrected chi connectivity index (χ4v) is 1.46. The second kappa shape index (κ2) is 7.31. The van der Waals surface area contributed by atoms with E-state index in [1.165, 1.54) is 12.1 Å². The topological polar surface area (TPSA) is 58.2 Å². The van der Waals surface area contributed by atoms with Gasteiger partial charge in [0.1, 0.15) is 11.9 Å². The molecule has 4 nitrogen and oxygen atoms in total. The van der Waals surface area contributed by atoms with Crippen LogP contribution in [0.5, 0.6) is 0 Å². The summed E-state index contributed by atoms with van der Waals surface area (Å²) >= 11 is 0. The van der Waals surface area contributed by atoms with Gasteiger partial charge in [-0.05, 0) is 26.0 Å². The van der Waals surface area contributed by atoms with Crippen LogP contribution in [-0.4, -0.2) is 17.9 Å². The number of benzene rings is 1. The number of allylic oxidation sites excluding steroid dienone is 1. The molecule has 0 aliphatic carbocycles. The Balaban J connectivity index is 2.47. The molecule has 2 N–H and O–H groups in total. The number of nitrogens with one attached hydrogen (secondary N) is 2. The molecule has 0 heterocycles. The quantitative estimate of drug-likeness (QED) is 0.792. The average molecular weight is 264 g/mol. The van der Waals surface area contributed by atoms with Crippen LogP contribution in [0, 0.1) is 5.82 Å². The van der Waals surface area contributed by atoms with Gasteiger partial charge in [0, 0.05) is 12.1 Å². The number of carbonyl (C=O) groups excluding carboxylic acids is 2. The highest BCUT2D eigenvalue weighted by Crippen LogP contribution is 2.05. The molecular weight excluding hydrogens is 247 g/mol. The Hall–Kier alpha value is -2.17. The van der Waals surface area contributed by atoms with Crippen LogP contribution in [0.2, 0.25) is 0 Å². The molecule has 1 rings (SSSR count). The standard InChI is InChI=1S/C14H17FN2O2/c1-3-6-13(18)17-10(2)14(19)16-9-11-7-4-5-8-12(11)15/h3-8,10H,9H2,1-2H3,(H,16,19)(H,17,18)/b6-3+. The summed E-state index contributed by atoms with van der Waals surface area (Å²) in [5.74, 6) is -1.06. The van der Waals surface area contributed by atoms with Gasteiger partial charge in [-0.1, -0.05) is 24.3 Å². The molecule has 0 saturated carbocycles. The predicted molar refractivity (Wildman–Crippen MR) is 70.7 cm³/mol. The van der Waals surface area contributed by atoms with Gasteiger partial charge in [-0.2, -0.15) is 0 Å². The van der Waals surface area contributed by atoms with E-state index >= 15 is 0 Å². The van der Waals surface area contributed by atoms with Gasteiger partial charge in [0.2, 0.25) is 11.8 Å². The third-order valence-corrected chi connectivity index (χ3v) is 2.48. The van der Waals surface area contributed by atoms with E-state index in [1.807, 2.05) is 0 Å². The van der Waals surface area contributed by atoms with Crippen LogP contribution in [0.25, 0.3) is 0 Å². The monoisotopic (exact) mass is 264 g/mol. The van der Waals surface area contributed by atoms with Crippen molar-refractivity contribution in [2.24, 2.45) is 0 Å². The fourth-order valence-electron chi connectivity index (χ4n) is 1.46. The van der Waals surface area contributed by atoms with Crippen molar-refractivity contribution in [1.82, 2.24) is 10.6 Å². The Morgan fingerprint density at radius 2 is 2.05 bits per heavy atom. The SMILES string of the molecule is C/C=C/C(=O)NC(C)C(=O)NCc1ccccc1F. The third kappa shape index (κ3) is 4.91. The van der Waals surface area contributed by atoms with Crippen LogP contribution in [-0.2, 0) is 16.1 Å². The summed E-state index contributed by atoms with van der Waals surface area (Å²) in [5, 5.41) is 5.07. The molecule has 0 spiro atoms. The Morgan fingerprint density at radius 1 is 1.37 bits per heavy atom. The molecule has 0 radical (unpaired) electrons. The van der Waals surface area contributed by atoms with Crippen LogP contribution in [0.3, 0.4) is 0 Å². The van der Waals surface area contributed by atoms with Crippen molar-refractivity contribution in [2.75, 3.05) is 0 Å².